The Morgan fingerprint density at radius 3 is 2.76 bits per heavy atom. The lowest BCUT2D eigenvalue weighted by molar-refractivity contribution is -0.126. The summed E-state index contributed by atoms with van der Waals surface area (Å²) in [6.07, 6.45) is 9.86. The lowest BCUT2D eigenvalue weighted by Crippen LogP contribution is -2.61. The van der Waals surface area contributed by atoms with Gasteiger partial charge in [0, 0.05) is 87.6 Å². The molecule has 11 nitrogen and oxygen atoms in total. The van der Waals surface area contributed by atoms with Crippen LogP contribution in [0.1, 0.15) is 62.8 Å². The number of aromatic hydroxyl groups is 1. The lowest BCUT2D eigenvalue weighted by atomic mass is 9.71. The first-order chi connectivity index (χ1) is 26.4. The number of likely N-dealkylation sites (N-methyl/N-ethyl adjacent to an activating group) is 1. The number of carbonyl (C=O) groups excluding carboxylic acids is 1. The second-order valence-electron chi connectivity index (χ2n) is 15.8. The number of terminal acetylenes is 1. The van der Waals surface area contributed by atoms with E-state index in [-0.39, 0.29) is 61.4 Å². The Kier molecular flexibility index (Phi) is 10.6. The molecule has 1 amide bonds. The first kappa shape index (κ1) is 38.3. The molecule has 0 radical (unpaired) electrons. The molecule has 290 valence electrons. The van der Waals surface area contributed by atoms with Crippen molar-refractivity contribution in [2.45, 2.75) is 82.7 Å². The minimum atomic E-state index is -1.14. The van der Waals surface area contributed by atoms with Gasteiger partial charge >= 0.3 is 6.01 Å². The van der Waals surface area contributed by atoms with Crippen LogP contribution < -0.4 is 14.5 Å². The molecule has 0 spiro atoms. The largest absolute Gasteiger partial charge is 0.508 e. The number of ether oxygens (including phenoxy) is 2. The van der Waals surface area contributed by atoms with Gasteiger partial charge in [-0.25, -0.2) is 8.78 Å². The third kappa shape index (κ3) is 7.05. The molecule has 1 aromatic heterocycles. The van der Waals surface area contributed by atoms with E-state index < -0.39 is 22.9 Å². The Morgan fingerprint density at radius 1 is 1.25 bits per heavy atom. The number of hydrogen-bond acceptors (Lipinski definition) is 10. The van der Waals surface area contributed by atoms with E-state index in [2.05, 4.69) is 23.5 Å². The monoisotopic (exact) mass is 753 g/mol. The third-order valence-corrected chi connectivity index (χ3v) is 12.2. The molecular formula is C42H49F2N7O4. The fraction of sp³-hybridized carbons (Fsp3) is 0.524. The van der Waals surface area contributed by atoms with Gasteiger partial charge in [0.1, 0.15) is 30.2 Å². The molecule has 0 bridgehead atoms. The molecule has 4 aliphatic rings. The molecular weight excluding hydrogens is 705 g/mol. The molecule has 13 heteroatoms. The number of hydrogen-bond donors (Lipinski definition) is 1. The van der Waals surface area contributed by atoms with E-state index in [4.69, 9.17) is 25.9 Å². The van der Waals surface area contributed by atoms with Crippen LogP contribution in [0.2, 0.25) is 0 Å². The van der Waals surface area contributed by atoms with Crippen LogP contribution in [0, 0.1) is 34.9 Å². The number of nitriles is 1. The summed E-state index contributed by atoms with van der Waals surface area (Å²) in [6, 6.07) is 8.61. The molecule has 2 aromatic carbocycles. The summed E-state index contributed by atoms with van der Waals surface area (Å²) in [5.41, 5.74) is 0.313. The molecule has 5 heterocycles. The van der Waals surface area contributed by atoms with Crippen LogP contribution in [-0.2, 0) is 22.5 Å². The number of alkyl halides is 1. The summed E-state index contributed by atoms with van der Waals surface area (Å²) in [7, 11) is 1.94. The summed E-state index contributed by atoms with van der Waals surface area (Å²) in [5, 5.41) is 22.4. The fourth-order valence-electron chi connectivity index (χ4n) is 9.26. The molecule has 0 aliphatic carbocycles. The van der Waals surface area contributed by atoms with Crippen molar-refractivity contribution in [3.8, 4) is 30.2 Å². The van der Waals surface area contributed by atoms with Crippen molar-refractivity contribution in [3.63, 3.8) is 0 Å². The molecule has 3 fully saturated rings. The van der Waals surface area contributed by atoms with E-state index in [9.17, 15) is 15.2 Å². The first-order valence-corrected chi connectivity index (χ1v) is 19.1. The van der Waals surface area contributed by atoms with Crippen LogP contribution >= 0.6 is 0 Å². The van der Waals surface area contributed by atoms with Gasteiger partial charge in [-0.3, -0.25) is 9.69 Å². The van der Waals surface area contributed by atoms with Crippen LogP contribution in [0.25, 0.3) is 10.8 Å². The standard InChI is InChI=1S/C42H49F2N7O4/c1-6-32-34(44)11-10-27-19-31(52)20-36(38(27)32)49-16-12-33-35(24-49)46-40(47-39(33)48(5)23-30-9-8-15-50(30)37(53)7-2)55-26-42(41(3,4)25-45)21-28(43)22-51(42)29-13-17-54-18-14-29/h1,7,10-11,19-20,28-30,52H,2,8-9,12-18,21-24,26H2,3-5H3/t28-,30+,42+/m1/s1. The number of rotatable bonds is 10. The van der Waals surface area contributed by atoms with Crippen molar-refractivity contribution in [3.05, 3.63) is 59.6 Å². The quantitative estimate of drug-likeness (QED) is 0.210. The predicted molar refractivity (Wildman–Crippen MR) is 206 cm³/mol. The van der Waals surface area contributed by atoms with E-state index in [0.29, 0.717) is 67.2 Å². The van der Waals surface area contributed by atoms with Gasteiger partial charge in [0.25, 0.3) is 0 Å². The van der Waals surface area contributed by atoms with Crippen molar-refractivity contribution in [1.29, 1.82) is 5.26 Å². The summed E-state index contributed by atoms with van der Waals surface area (Å²) < 4.78 is 42.8. The number of aromatic nitrogens is 2. The summed E-state index contributed by atoms with van der Waals surface area (Å²) >= 11 is 0. The average molecular weight is 754 g/mol. The van der Waals surface area contributed by atoms with Gasteiger partial charge in [0.15, 0.2) is 0 Å². The van der Waals surface area contributed by atoms with Crippen molar-refractivity contribution in [2.24, 2.45) is 5.41 Å². The fourth-order valence-corrected chi connectivity index (χ4v) is 9.26. The second-order valence-corrected chi connectivity index (χ2v) is 15.8. The number of phenols is 1. The van der Waals surface area contributed by atoms with E-state index in [1.165, 1.54) is 12.1 Å². The van der Waals surface area contributed by atoms with Gasteiger partial charge in [0.2, 0.25) is 5.91 Å². The zero-order chi connectivity index (χ0) is 39.1. The number of nitrogens with zero attached hydrogens (tertiary/aromatic N) is 7. The molecule has 55 heavy (non-hydrogen) atoms. The van der Waals surface area contributed by atoms with E-state index in [1.807, 2.05) is 35.6 Å². The predicted octanol–water partition coefficient (Wildman–Crippen LogP) is 5.52. The summed E-state index contributed by atoms with van der Waals surface area (Å²) in [5.74, 6) is 2.54. The number of halogens is 2. The van der Waals surface area contributed by atoms with Gasteiger partial charge in [-0.15, -0.1) is 6.42 Å². The third-order valence-electron chi connectivity index (χ3n) is 12.2. The average Bonchev–Trinajstić information content (AvgIpc) is 3.80. The van der Waals surface area contributed by atoms with Crippen molar-refractivity contribution < 1.29 is 28.2 Å². The van der Waals surface area contributed by atoms with Crippen LogP contribution in [0.4, 0.5) is 20.3 Å². The molecule has 7 rings (SSSR count). The van der Waals surface area contributed by atoms with Crippen LogP contribution in [-0.4, -0.2) is 108 Å². The normalized spacial score (nSPS) is 23.3. The molecule has 0 saturated carbocycles. The van der Waals surface area contributed by atoms with Crippen LogP contribution in [0.5, 0.6) is 11.8 Å². The Hall–Kier alpha value is -4.98. The summed E-state index contributed by atoms with van der Waals surface area (Å²) in [6.45, 7) is 10.7. The Balaban J connectivity index is 1.28. The number of carbonyl (C=O) groups is 1. The van der Waals surface area contributed by atoms with Gasteiger partial charge < -0.3 is 29.3 Å². The maximum absolute atomic E-state index is 15.6. The Bertz CT molecular complexity index is 2060. The van der Waals surface area contributed by atoms with E-state index >= 15 is 8.78 Å². The number of fused-ring (bicyclic) bond motifs is 2. The minimum Gasteiger partial charge on any atom is -0.508 e. The van der Waals surface area contributed by atoms with Crippen LogP contribution in [0.15, 0.2) is 36.9 Å². The van der Waals surface area contributed by atoms with Crippen LogP contribution in [0.3, 0.4) is 0 Å². The highest BCUT2D eigenvalue weighted by Crippen LogP contribution is 2.47. The van der Waals surface area contributed by atoms with Gasteiger partial charge in [-0.1, -0.05) is 18.6 Å². The highest BCUT2D eigenvalue weighted by molar-refractivity contribution is 6.00. The molecule has 1 N–H and O–H groups in total. The second kappa shape index (κ2) is 15.3. The zero-order valence-corrected chi connectivity index (χ0v) is 31.9. The van der Waals surface area contributed by atoms with Crippen molar-refractivity contribution >= 4 is 28.2 Å². The number of likely N-dealkylation sites (tertiary alicyclic amines) is 2. The molecule has 3 aromatic rings. The van der Waals surface area contributed by atoms with Crippen molar-refractivity contribution in [1.82, 2.24) is 19.8 Å². The molecule has 3 atom stereocenters. The summed E-state index contributed by atoms with van der Waals surface area (Å²) in [4.78, 5) is 30.7. The molecule has 0 unspecified atom stereocenters. The molecule has 4 aliphatic heterocycles. The topological polar surface area (TPSA) is 118 Å². The highest BCUT2D eigenvalue weighted by atomic mass is 19.1. The first-order valence-electron chi connectivity index (χ1n) is 19.1. The lowest BCUT2D eigenvalue weighted by Gasteiger charge is -2.49. The maximum Gasteiger partial charge on any atom is 0.318 e. The molecule has 3 saturated heterocycles. The Morgan fingerprint density at radius 2 is 2.04 bits per heavy atom. The van der Waals surface area contributed by atoms with E-state index in [1.54, 1.807) is 18.2 Å². The number of benzene rings is 2. The highest BCUT2D eigenvalue weighted by Gasteiger charge is 2.58. The number of phenolic OH excluding ortho intramolecular Hbond substituents is 1. The smallest absolute Gasteiger partial charge is 0.318 e. The zero-order valence-electron chi connectivity index (χ0n) is 31.9. The number of amides is 1. The number of anilines is 2. The van der Waals surface area contributed by atoms with Gasteiger partial charge in [0.05, 0.1) is 34.8 Å². The van der Waals surface area contributed by atoms with Gasteiger partial charge in [-0.05, 0) is 69.5 Å². The maximum atomic E-state index is 15.6. The Labute approximate surface area is 321 Å². The van der Waals surface area contributed by atoms with Gasteiger partial charge in [-0.2, -0.15) is 15.2 Å². The van der Waals surface area contributed by atoms with E-state index in [0.717, 1.165) is 31.2 Å². The SMILES string of the molecule is C#Cc1c(F)ccc2cc(O)cc(N3CCc4c(nc(OC[C@]5(C(C)(C)C#N)C[C@@H](F)CN5C5CCOCC5)nc4N(C)C[C@@H]4CCCN4C(=O)C=C)C3)c12. The minimum absolute atomic E-state index is 0.0107. The van der Waals surface area contributed by atoms with Crippen molar-refractivity contribution in [2.75, 3.05) is 62.8 Å².